The first-order chi connectivity index (χ1) is 12.8. The predicted octanol–water partition coefficient (Wildman–Crippen LogP) is 4.15. The second kappa shape index (κ2) is 7.96. The van der Waals surface area contributed by atoms with Crippen LogP contribution >= 0.6 is 11.6 Å². The molecule has 144 valence electrons. The maximum Gasteiger partial charge on any atom is 0.255 e. The molecule has 5 nitrogen and oxygen atoms in total. The van der Waals surface area contributed by atoms with Crippen LogP contribution in [-0.2, 0) is 10.0 Å². The Morgan fingerprint density at radius 3 is 2.59 bits per heavy atom. The average molecular weight is 411 g/mol. The van der Waals surface area contributed by atoms with E-state index in [4.69, 9.17) is 11.6 Å². The van der Waals surface area contributed by atoms with Crippen LogP contribution in [0.1, 0.15) is 30.1 Å². The first-order valence-corrected chi connectivity index (χ1v) is 10.5. The topological polar surface area (TPSA) is 66.5 Å². The molecule has 1 unspecified atom stereocenters. The first-order valence-electron chi connectivity index (χ1n) is 8.64. The van der Waals surface area contributed by atoms with Gasteiger partial charge in [-0.3, -0.25) is 4.79 Å². The minimum Gasteiger partial charge on any atom is -0.322 e. The van der Waals surface area contributed by atoms with Gasteiger partial charge in [0.2, 0.25) is 10.0 Å². The molecule has 8 heteroatoms. The Hall–Kier alpha value is -1.96. The molecule has 2 aromatic rings. The zero-order valence-electron chi connectivity index (χ0n) is 14.8. The molecular weight excluding hydrogens is 391 g/mol. The lowest BCUT2D eigenvalue weighted by Crippen LogP contribution is -2.39. The monoisotopic (exact) mass is 410 g/mol. The summed E-state index contributed by atoms with van der Waals surface area (Å²) in [5, 5.41) is 2.69. The summed E-state index contributed by atoms with van der Waals surface area (Å²) in [6.45, 7) is 2.88. The summed E-state index contributed by atoms with van der Waals surface area (Å²) in [6, 6.07) is 9.46. The highest BCUT2D eigenvalue weighted by Gasteiger charge is 2.30. The summed E-state index contributed by atoms with van der Waals surface area (Å²) in [7, 11) is -3.79. The highest BCUT2D eigenvalue weighted by Crippen LogP contribution is 2.29. The van der Waals surface area contributed by atoms with Gasteiger partial charge in [0.15, 0.2) is 0 Å². The zero-order chi connectivity index (χ0) is 19.6. The molecule has 0 aromatic heterocycles. The Kier molecular flexibility index (Phi) is 5.83. The maximum absolute atomic E-state index is 13.0. The number of carbonyl (C=O) groups excluding carboxylic acids is 1. The number of rotatable bonds is 4. The second-order valence-corrected chi connectivity index (χ2v) is 9.03. The van der Waals surface area contributed by atoms with Gasteiger partial charge in [-0.25, -0.2) is 12.8 Å². The summed E-state index contributed by atoms with van der Waals surface area (Å²) in [5.41, 5.74) is 0.568. The van der Waals surface area contributed by atoms with Gasteiger partial charge in [0, 0.05) is 24.3 Å². The van der Waals surface area contributed by atoms with E-state index in [1.54, 1.807) is 0 Å². The average Bonchev–Trinajstić information content (AvgIpc) is 2.63. The molecule has 1 saturated heterocycles. The fraction of sp³-hybridized carbons (Fsp3) is 0.316. The number of nitrogens with zero attached hydrogens (tertiary/aromatic N) is 1. The van der Waals surface area contributed by atoms with Crippen LogP contribution in [0.3, 0.4) is 0 Å². The van der Waals surface area contributed by atoms with Crippen LogP contribution in [0.4, 0.5) is 10.1 Å². The number of halogens is 2. The summed E-state index contributed by atoms with van der Waals surface area (Å²) >= 11 is 6.14. The van der Waals surface area contributed by atoms with E-state index < -0.39 is 21.7 Å². The van der Waals surface area contributed by atoms with Crippen LogP contribution in [0.15, 0.2) is 47.4 Å². The molecule has 3 rings (SSSR count). The Morgan fingerprint density at radius 1 is 1.22 bits per heavy atom. The molecule has 0 saturated carbocycles. The summed E-state index contributed by atoms with van der Waals surface area (Å²) in [5.74, 6) is -0.636. The first kappa shape index (κ1) is 19.8. The van der Waals surface area contributed by atoms with Crippen molar-refractivity contribution in [2.75, 3.05) is 18.4 Å². The van der Waals surface area contributed by atoms with Crippen molar-refractivity contribution in [2.45, 2.75) is 24.7 Å². The van der Waals surface area contributed by atoms with E-state index in [-0.39, 0.29) is 21.4 Å². The highest BCUT2D eigenvalue weighted by atomic mass is 35.5. The quantitative estimate of drug-likeness (QED) is 0.823. The van der Waals surface area contributed by atoms with E-state index in [2.05, 4.69) is 5.32 Å². The Labute approximate surface area is 163 Å². The number of nitrogens with one attached hydrogen (secondary N) is 1. The Balaban J connectivity index is 1.87. The lowest BCUT2D eigenvalue weighted by Gasteiger charge is -2.30. The molecule has 1 N–H and O–H groups in total. The van der Waals surface area contributed by atoms with Crippen molar-refractivity contribution >= 4 is 33.2 Å². The third-order valence-electron chi connectivity index (χ3n) is 4.53. The molecule has 1 amide bonds. The molecule has 1 atom stereocenters. The summed E-state index contributed by atoms with van der Waals surface area (Å²) < 4.78 is 40.4. The van der Waals surface area contributed by atoms with Gasteiger partial charge in [-0.05, 0) is 61.2 Å². The largest absolute Gasteiger partial charge is 0.322 e. The number of benzene rings is 2. The molecule has 0 spiro atoms. The Morgan fingerprint density at radius 2 is 1.93 bits per heavy atom. The van der Waals surface area contributed by atoms with Gasteiger partial charge in [-0.15, -0.1) is 0 Å². The molecule has 0 bridgehead atoms. The van der Waals surface area contributed by atoms with Gasteiger partial charge in [-0.1, -0.05) is 18.5 Å². The van der Waals surface area contributed by atoms with Crippen molar-refractivity contribution < 1.29 is 17.6 Å². The molecule has 0 aliphatic carbocycles. The number of sulfonamides is 1. The molecule has 1 fully saturated rings. The fourth-order valence-electron chi connectivity index (χ4n) is 3.08. The van der Waals surface area contributed by atoms with Crippen molar-refractivity contribution in [3.05, 3.63) is 58.9 Å². The lowest BCUT2D eigenvalue weighted by atomic mass is 10.0. The molecule has 1 aliphatic heterocycles. The van der Waals surface area contributed by atoms with E-state index in [1.165, 1.54) is 46.8 Å². The lowest BCUT2D eigenvalue weighted by molar-refractivity contribution is 0.102. The Bertz CT molecular complexity index is 948. The molecular formula is C19H20ClFN2O3S. The van der Waals surface area contributed by atoms with Crippen molar-refractivity contribution in [3.63, 3.8) is 0 Å². The molecule has 27 heavy (non-hydrogen) atoms. The zero-order valence-corrected chi connectivity index (χ0v) is 16.4. The molecule has 1 aliphatic rings. The van der Waals surface area contributed by atoms with Crippen LogP contribution in [0.5, 0.6) is 0 Å². The van der Waals surface area contributed by atoms with Gasteiger partial charge in [0.25, 0.3) is 5.91 Å². The third-order valence-corrected chi connectivity index (χ3v) is 6.88. The van der Waals surface area contributed by atoms with E-state index in [0.29, 0.717) is 18.8 Å². The smallest absolute Gasteiger partial charge is 0.255 e. The number of carbonyl (C=O) groups is 1. The van der Waals surface area contributed by atoms with Crippen LogP contribution in [0.2, 0.25) is 5.02 Å². The van der Waals surface area contributed by atoms with Crippen molar-refractivity contribution in [1.29, 1.82) is 0 Å². The van der Waals surface area contributed by atoms with Gasteiger partial charge >= 0.3 is 0 Å². The molecule has 2 aromatic carbocycles. The van der Waals surface area contributed by atoms with Crippen molar-refractivity contribution in [3.8, 4) is 0 Å². The predicted molar refractivity (Wildman–Crippen MR) is 103 cm³/mol. The number of piperidine rings is 1. The van der Waals surface area contributed by atoms with Crippen LogP contribution in [0.25, 0.3) is 0 Å². The van der Waals surface area contributed by atoms with Gasteiger partial charge in [0.05, 0.1) is 5.02 Å². The molecule has 0 radical (unpaired) electrons. The normalized spacial score (nSPS) is 18.3. The van der Waals surface area contributed by atoms with Gasteiger partial charge < -0.3 is 5.32 Å². The van der Waals surface area contributed by atoms with Crippen LogP contribution < -0.4 is 5.32 Å². The fourth-order valence-corrected chi connectivity index (χ4v) is 5.18. The van der Waals surface area contributed by atoms with Crippen molar-refractivity contribution in [1.82, 2.24) is 4.31 Å². The maximum atomic E-state index is 13.0. The van der Waals surface area contributed by atoms with E-state index in [1.807, 2.05) is 6.92 Å². The molecule has 1 heterocycles. The van der Waals surface area contributed by atoms with Gasteiger partial charge in [0.1, 0.15) is 10.7 Å². The number of hydrogen-bond donors (Lipinski definition) is 1. The van der Waals surface area contributed by atoms with Crippen LogP contribution in [0, 0.1) is 11.7 Å². The number of amides is 1. The highest BCUT2D eigenvalue weighted by molar-refractivity contribution is 7.89. The number of hydrogen-bond acceptors (Lipinski definition) is 3. The minimum atomic E-state index is -3.79. The second-order valence-electron chi connectivity index (χ2n) is 6.72. The number of anilines is 1. The third kappa shape index (κ3) is 4.48. The van der Waals surface area contributed by atoms with Gasteiger partial charge in [-0.2, -0.15) is 4.31 Å². The minimum absolute atomic E-state index is 0.0755. The SMILES string of the molecule is CC1CCCN(S(=O)(=O)c2cc(C(=O)Nc3ccc(F)cc3)ccc2Cl)C1. The van der Waals surface area contributed by atoms with E-state index in [0.717, 1.165) is 12.8 Å². The van der Waals surface area contributed by atoms with E-state index >= 15 is 0 Å². The van der Waals surface area contributed by atoms with E-state index in [9.17, 15) is 17.6 Å². The van der Waals surface area contributed by atoms with Crippen LogP contribution in [-0.4, -0.2) is 31.7 Å². The summed E-state index contributed by atoms with van der Waals surface area (Å²) in [6.07, 6.45) is 1.78. The summed E-state index contributed by atoms with van der Waals surface area (Å²) in [4.78, 5) is 12.4. The van der Waals surface area contributed by atoms with Crippen molar-refractivity contribution in [2.24, 2.45) is 5.92 Å². The standard InChI is InChI=1S/C19H20ClFN2O3S/c1-13-3-2-10-23(12-13)27(25,26)18-11-14(4-9-17(18)20)19(24)22-16-7-5-15(21)6-8-16/h4-9,11,13H,2-3,10,12H2,1H3,(H,22,24).